The molecule has 0 radical (unpaired) electrons. The molecule has 2 aromatic carbocycles. The van der Waals surface area contributed by atoms with Crippen LogP contribution in [0.4, 0.5) is 5.69 Å². The molecule has 0 fully saturated rings. The van der Waals surface area contributed by atoms with Gasteiger partial charge in [-0.15, -0.1) is 0 Å². The van der Waals surface area contributed by atoms with Gasteiger partial charge in [0.15, 0.2) is 5.78 Å². The van der Waals surface area contributed by atoms with Gasteiger partial charge in [0.1, 0.15) is 0 Å². The third-order valence-electron chi connectivity index (χ3n) is 2.88. The summed E-state index contributed by atoms with van der Waals surface area (Å²) >= 11 is 11.5. The van der Waals surface area contributed by atoms with Crippen molar-refractivity contribution < 1.29 is 19.2 Å². The van der Waals surface area contributed by atoms with Gasteiger partial charge < -0.3 is 4.74 Å². The zero-order valence-corrected chi connectivity index (χ0v) is 13.2. The third kappa shape index (κ3) is 3.85. The highest BCUT2D eigenvalue weighted by Crippen LogP contribution is 2.35. The Morgan fingerprint density at radius 2 is 1.70 bits per heavy atom. The number of halogens is 2. The number of benzene rings is 2. The lowest BCUT2D eigenvalue weighted by molar-refractivity contribution is -0.385. The Bertz CT molecular complexity index is 767. The van der Waals surface area contributed by atoms with Crippen LogP contribution in [0.2, 0.25) is 10.0 Å². The zero-order chi connectivity index (χ0) is 17.1. The van der Waals surface area contributed by atoms with Gasteiger partial charge in [-0.3, -0.25) is 14.9 Å². The average molecular weight is 354 g/mol. The quantitative estimate of drug-likeness (QED) is 0.268. The number of carbonyl (C=O) groups is 2. The smallest absolute Gasteiger partial charge is 0.343 e. The van der Waals surface area contributed by atoms with Crippen molar-refractivity contribution in [2.24, 2.45) is 0 Å². The number of nitro benzene ring substituents is 1. The number of ketones is 1. The molecule has 8 heteroatoms. The van der Waals surface area contributed by atoms with Crippen LogP contribution in [0.15, 0.2) is 36.4 Å². The molecule has 0 unspecified atom stereocenters. The molecule has 0 heterocycles. The van der Waals surface area contributed by atoms with E-state index >= 15 is 0 Å². The number of nitro groups is 1. The largest absolute Gasteiger partial charge is 0.415 e. The van der Waals surface area contributed by atoms with Crippen molar-refractivity contribution in [1.29, 1.82) is 0 Å². The zero-order valence-electron chi connectivity index (χ0n) is 11.7. The van der Waals surface area contributed by atoms with E-state index in [0.29, 0.717) is 5.02 Å². The van der Waals surface area contributed by atoms with E-state index in [-0.39, 0.29) is 16.1 Å². The summed E-state index contributed by atoms with van der Waals surface area (Å²) in [7, 11) is 0. The molecule has 0 saturated heterocycles. The fraction of sp³-hybridized carbons (Fsp3) is 0.0667. The average Bonchev–Trinajstić information content (AvgIpc) is 2.48. The topological polar surface area (TPSA) is 86.5 Å². The van der Waals surface area contributed by atoms with Crippen molar-refractivity contribution in [3.8, 4) is 5.75 Å². The SMILES string of the molecule is CC(=O)c1cc(Cl)cc([N+](=O)[O-])c1OC(=O)c1ccc(Cl)cc1. The first-order valence-electron chi connectivity index (χ1n) is 6.26. The first-order chi connectivity index (χ1) is 10.8. The van der Waals surface area contributed by atoms with Crippen LogP contribution in [0.5, 0.6) is 5.75 Å². The molecule has 0 atom stereocenters. The van der Waals surface area contributed by atoms with E-state index in [4.69, 9.17) is 27.9 Å². The summed E-state index contributed by atoms with van der Waals surface area (Å²) in [5.41, 5.74) is -0.579. The minimum absolute atomic E-state index is 0.00630. The van der Waals surface area contributed by atoms with Crippen molar-refractivity contribution in [3.05, 3.63) is 67.7 Å². The maximum absolute atomic E-state index is 12.1. The van der Waals surface area contributed by atoms with Crippen LogP contribution in [-0.2, 0) is 0 Å². The van der Waals surface area contributed by atoms with Gasteiger partial charge in [0.2, 0.25) is 5.75 Å². The van der Waals surface area contributed by atoms with Crippen molar-refractivity contribution in [2.45, 2.75) is 6.92 Å². The van der Waals surface area contributed by atoms with Gasteiger partial charge in [0.05, 0.1) is 16.1 Å². The maximum Gasteiger partial charge on any atom is 0.343 e. The first kappa shape index (κ1) is 16.9. The summed E-state index contributed by atoms with van der Waals surface area (Å²) in [6, 6.07) is 7.97. The Kier molecular flexibility index (Phi) is 4.98. The fourth-order valence-corrected chi connectivity index (χ4v) is 2.16. The number of hydrogen-bond acceptors (Lipinski definition) is 5. The van der Waals surface area contributed by atoms with Gasteiger partial charge in [-0.25, -0.2) is 4.79 Å². The molecule has 0 N–H and O–H groups in total. The second kappa shape index (κ2) is 6.76. The summed E-state index contributed by atoms with van der Waals surface area (Å²) < 4.78 is 5.08. The van der Waals surface area contributed by atoms with Crippen LogP contribution >= 0.6 is 23.2 Å². The van der Waals surface area contributed by atoms with Crippen LogP contribution in [0.3, 0.4) is 0 Å². The van der Waals surface area contributed by atoms with Gasteiger partial charge in [-0.1, -0.05) is 23.2 Å². The second-order valence-corrected chi connectivity index (χ2v) is 5.38. The van der Waals surface area contributed by atoms with Crippen molar-refractivity contribution in [3.63, 3.8) is 0 Å². The lowest BCUT2D eigenvalue weighted by atomic mass is 10.1. The number of rotatable bonds is 4. The van der Waals surface area contributed by atoms with Crippen molar-refractivity contribution in [1.82, 2.24) is 0 Å². The number of Topliss-reactive ketones (excluding diaryl/α,β-unsaturated/α-hetero) is 1. The Balaban J connectivity index is 2.49. The Hall–Kier alpha value is -2.44. The maximum atomic E-state index is 12.1. The molecular weight excluding hydrogens is 345 g/mol. The standard InChI is InChI=1S/C15H9Cl2NO5/c1-8(19)12-6-11(17)7-13(18(21)22)14(12)23-15(20)9-2-4-10(16)5-3-9/h2-7H,1H3. The van der Waals surface area contributed by atoms with E-state index in [1.54, 1.807) is 0 Å². The summed E-state index contributed by atoms with van der Waals surface area (Å²) in [4.78, 5) is 34.2. The Labute approximate surface area is 140 Å². The molecule has 0 aliphatic rings. The molecule has 2 rings (SSSR count). The van der Waals surface area contributed by atoms with E-state index in [1.165, 1.54) is 37.3 Å². The summed E-state index contributed by atoms with van der Waals surface area (Å²) in [6.07, 6.45) is 0. The lowest BCUT2D eigenvalue weighted by Gasteiger charge is -2.09. The third-order valence-corrected chi connectivity index (χ3v) is 3.35. The number of esters is 1. The minimum atomic E-state index is -0.852. The normalized spacial score (nSPS) is 10.2. The van der Waals surface area contributed by atoms with Gasteiger partial charge in [-0.2, -0.15) is 0 Å². The number of nitrogens with zero attached hydrogens (tertiary/aromatic N) is 1. The highest BCUT2D eigenvalue weighted by molar-refractivity contribution is 6.31. The van der Waals surface area contributed by atoms with Gasteiger partial charge in [0.25, 0.3) is 0 Å². The number of carbonyl (C=O) groups excluding carboxylic acids is 2. The Morgan fingerprint density at radius 1 is 1.09 bits per heavy atom. The molecule has 0 bridgehead atoms. The monoisotopic (exact) mass is 353 g/mol. The fourth-order valence-electron chi connectivity index (χ4n) is 1.82. The number of hydrogen-bond donors (Lipinski definition) is 0. The van der Waals surface area contributed by atoms with E-state index in [0.717, 1.165) is 6.07 Å². The predicted octanol–water partition coefficient (Wildman–Crippen LogP) is 4.32. The highest BCUT2D eigenvalue weighted by Gasteiger charge is 2.26. The first-order valence-corrected chi connectivity index (χ1v) is 7.02. The Morgan fingerprint density at radius 3 is 2.22 bits per heavy atom. The van der Waals surface area contributed by atoms with Gasteiger partial charge in [-0.05, 0) is 37.3 Å². The molecule has 0 saturated carbocycles. The second-order valence-electron chi connectivity index (χ2n) is 4.51. The number of ether oxygens (including phenoxy) is 1. The van der Waals surface area contributed by atoms with Gasteiger partial charge in [0, 0.05) is 16.1 Å². The molecule has 0 aliphatic carbocycles. The molecule has 2 aromatic rings. The molecule has 0 aromatic heterocycles. The minimum Gasteiger partial charge on any atom is -0.415 e. The molecule has 0 amide bonds. The van der Waals surface area contributed by atoms with Crippen LogP contribution in [-0.4, -0.2) is 16.7 Å². The van der Waals surface area contributed by atoms with Gasteiger partial charge >= 0.3 is 11.7 Å². The van der Waals surface area contributed by atoms with Crippen LogP contribution < -0.4 is 4.74 Å². The van der Waals surface area contributed by atoms with Crippen LogP contribution in [0.1, 0.15) is 27.6 Å². The summed E-state index contributed by atoms with van der Waals surface area (Å²) in [5.74, 6) is -1.81. The van der Waals surface area contributed by atoms with E-state index in [2.05, 4.69) is 0 Å². The van der Waals surface area contributed by atoms with E-state index in [9.17, 15) is 19.7 Å². The van der Waals surface area contributed by atoms with Crippen molar-refractivity contribution >= 4 is 40.6 Å². The van der Waals surface area contributed by atoms with E-state index < -0.39 is 28.1 Å². The molecule has 6 nitrogen and oxygen atoms in total. The molecule has 118 valence electrons. The summed E-state index contributed by atoms with van der Waals surface area (Å²) in [5, 5.41) is 11.6. The van der Waals surface area contributed by atoms with Crippen molar-refractivity contribution in [2.75, 3.05) is 0 Å². The molecule has 0 aliphatic heterocycles. The molecule has 23 heavy (non-hydrogen) atoms. The van der Waals surface area contributed by atoms with Crippen LogP contribution in [0.25, 0.3) is 0 Å². The lowest BCUT2D eigenvalue weighted by Crippen LogP contribution is -2.12. The predicted molar refractivity (Wildman–Crippen MR) is 84.5 cm³/mol. The molecular formula is C15H9Cl2NO5. The van der Waals surface area contributed by atoms with E-state index in [1.807, 2.05) is 0 Å². The van der Waals surface area contributed by atoms with Crippen LogP contribution in [0, 0.1) is 10.1 Å². The highest BCUT2D eigenvalue weighted by atomic mass is 35.5. The summed E-state index contributed by atoms with van der Waals surface area (Å²) in [6.45, 7) is 1.19. The molecule has 0 spiro atoms.